The van der Waals surface area contributed by atoms with Crippen LogP contribution in [0.2, 0.25) is 0 Å². The Balaban J connectivity index is 2.44. The molecule has 22 heavy (non-hydrogen) atoms. The number of hydrogen-bond donors (Lipinski definition) is 2. The van der Waals surface area contributed by atoms with E-state index in [4.69, 9.17) is 4.42 Å². The van der Waals surface area contributed by atoms with E-state index in [9.17, 15) is 18.3 Å². The van der Waals surface area contributed by atoms with Crippen molar-refractivity contribution in [3.05, 3.63) is 22.9 Å². The molecule has 2 rings (SSSR count). The van der Waals surface area contributed by atoms with Gasteiger partial charge in [-0.3, -0.25) is 0 Å². The Bertz CT molecular complexity index is 822. The number of aromatic carboxylic acids is 1. The normalized spacial score (nSPS) is 13.3. The summed E-state index contributed by atoms with van der Waals surface area (Å²) >= 11 is 0. The Morgan fingerprint density at radius 1 is 1.36 bits per heavy atom. The Labute approximate surface area is 126 Å². The lowest BCUT2D eigenvalue weighted by molar-refractivity contribution is 0.0691. The molecule has 0 fully saturated rings. The summed E-state index contributed by atoms with van der Waals surface area (Å²) in [4.78, 5) is 10.9. The quantitative estimate of drug-likeness (QED) is 0.790. The van der Waals surface area contributed by atoms with Crippen LogP contribution in [-0.4, -0.2) is 39.7 Å². The van der Waals surface area contributed by atoms with Crippen LogP contribution in [0.1, 0.15) is 40.7 Å². The predicted octanol–water partition coefficient (Wildman–Crippen LogP) is 0.158. The van der Waals surface area contributed by atoms with Gasteiger partial charge in [0.1, 0.15) is 22.0 Å². The van der Waals surface area contributed by atoms with Gasteiger partial charge in [-0.1, -0.05) is 0 Å². The second-order valence-electron chi connectivity index (χ2n) is 4.73. The van der Waals surface area contributed by atoms with Gasteiger partial charge in [-0.15, -0.1) is 5.10 Å². The molecule has 2 aromatic rings. The maximum Gasteiger partial charge on any atom is 0.340 e. The molecule has 0 radical (unpaired) electrons. The first-order valence-electron chi connectivity index (χ1n) is 6.23. The molecule has 1 atom stereocenters. The summed E-state index contributed by atoms with van der Waals surface area (Å²) in [5.74, 6) is -1.05. The molecule has 0 aliphatic carbocycles. The third kappa shape index (κ3) is 2.72. The number of nitrogens with one attached hydrogen (secondary N) is 1. The molecule has 2 aromatic heterocycles. The first kappa shape index (κ1) is 16.1. The number of hydrogen-bond acceptors (Lipinski definition) is 7. The molecule has 0 aromatic carbocycles. The van der Waals surface area contributed by atoms with E-state index in [0.29, 0.717) is 5.82 Å². The van der Waals surface area contributed by atoms with Crippen molar-refractivity contribution in [2.75, 3.05) is 0 Å². The topological polar surface area (TPSA) is 140 Å². The van der Waals surface area contributed by atoms with E-state index >= 15 is 0 Å². The van der Waals surface area contributed by atoms with E-state index in [1.54, 1.807) is 14.0 Å². The molecule has 0 saturated heterocycles. The van der Waals surface area contributed by atoms with Gasteiger partial charge in [0.2, 0.25) is 10.0 Å². The summed E-state index contributed by atoms with van der Waals surface area (Å²) in [5.41, 5.74) is -0.381. The fraction of sp³-hybridized carbons (Fsp3) is 0.455. The van der Waals surface area contributed by atoms with Gasteiger partial charge in [0.05, 0.1) is 6.04 Å². The highest BCUT2D eigenvalue weighted by molar-refractivity contribution is 7.89. The summed E-state index contributed by atoms with van der Waals surface area (Å²) in [6.45, 7) is 4.33. The molecular weight excluding hydrogens is 314 g/mol. The van der Waals surface area contributed by atoms with Crippen LogP contribution in [0.5, 0.6) is 0 Å². The first-order chi connectivity index (χ1) is 10.1. The van der Waals surface area contributed by atoms with Gasteiger partial charge in [-0.2, -0.15) is 0 Å². The minimum Gasteiger partial charge on any atom is -0.478 e. The summed E-state index contributed by atoms with van der Waals surface area (Å²) in [5, 5.41) is 20.0. The Hall–Kier alpha value is -2.27. The molecule has 0 bridgehead atoms. The van der Waals surface area contributed by atoms with Crippen molar-refractivity contribution in [1.29, 1.82) is 0 Å². The molecule has 0 saturated carbocycles. The molecule has 0 aliphatic heterocycles. The summed E-state index contributed by atoms with van der Waals surface area (Å²) < 4.78 is 33.8. The van der Waals surface area contributed by atoms with E-state index in [-0.39, 0.29) is 22.0 Å². The van der Waals surface area contributed by atoms with Crippen LogP contribution in [0.3, 0.4) is 0 Å². The van der Waals surface area contributed by atoms with Crippen LogP contribution in [0.4, 0.5) is 0 Å². The van der Waals surface area contributed by atoms with Crippen molar-refractivity contribution in [3.8, 4) is 0 Å². The summed E-state index contributed by atoms with van der Waals surface area (Å²) in [6.07, 6.45) is 0. The van der Waals surface area contributed by atoms with Gasteiger partial charge < -0.3 is 9.52 Å². The molecule has 0 aliphatic rings. The zero-order chi connectivity index (χ0) is 16.7. The molecule has 0 amide bonds. The van der Waals surface area contributed by atoms with Crippen molar-refractivity contribution in [2.24, 2.45) is 7.05 Å². The van der Waals surface area contributed by atoms with E-state index in [1.807, 2.05) is 0 Å². The van der Waals surface area contributed by atoms with Gasteiger partial charge in [0.15, 0.2) is 5.82 Å². The second-order valence-corrected chi connectivity index (χ2v) is 6.38. The minimum absolute atomic E-state index is 0.00527. The number of tetrazole rings is 1. The van der Waals surface area contributed by atoms with Crippen molar-refractivity contribution in [1.82, 2.24) is 24.9 Å². The van der Waals surface area contributed by atoms with E-state index < -0.39 is 22.0 Å². The highest BCUT2D eigenvalue weighted by Gasteiger charge is 2.32. The average molecular weight is 329 g/mol. The SMILES string of the molecule is Cc1oc(C)c(S(=O)(=O)NC(C)c2nnnn2C)c1C(=O)O. The number of aryl methyl sites for hydroxylation is 3. The Kier molecular flexibility index (Phi) is 4.02. The Morgan fingerprint density at radius 2 is 2.00 bits per heavy atom. The maximum atomic E-state index is 12.5. The Morgan fingerprint density at radius 3 is 2.50 bits per heavy atom. The summed E-state index contributed by atoms with van der Waals surface area (Å²) in [7, 11) is -2.56. The largest absolute Gasteiger partial charge is 0.478 e. The van der Waals surface area contributed by atoms with Crippen LogP contribution in [0.15, 0.2) is 9.31 Å². The lowest BCUT2D eigenvalue weighted by Crippen LogP contribution is -2.30. The smallest absolute Gasteiger partial charge is 0.340 e. The van der Waals surface area contributed by atoms with Gasteiger partial charge >= 0.3 is 5.97 Å². The number of carbonyl (C=O) groups is 1. The molecule has 10 nitrogen and oxygen atoms in total. The van der Waals surface area contributed by atoms with Crippen LogP contribution in [0.25, 0.3) is 0 Å². The van der Waals surface area contributed by atoms with Crippen LogP contribution < -0.4 is 4.72 Å². The fourth-order valence-electron chi connectivity index (χ4n) is 2.18. The van der Waals surface area contributed by atoms with E-state index in [1.165, 1.54) is 18.5 Å². The third-order valence-corrected chi connectivity index (χ3v) is 4.75. The number of carboxylic acid groups (broad SMARTS) is 1. The van der Waals surface area contributed by atoms with Crippen molar-refractivity contribution < 1.29 is 22.7 Å². The number of carboxylic acids is 1. The second kappa shape index (κ2) is 5.50. The molecule has 0 spiro atoms. The summed E-state index contributed by atoms with van der Waals surface area (Å²) in [6, 6.07) is -0.749. The van der Waals surface area contributed by atoms with Gasteiger partial charge in [-0.05, 0) is 31.2 Å². The first-order valence-corrected chi connectivity index (χ1v) is 7.71. The molecular formula is C11H15N5O5S. The van der Waals surface area contributed by atoms with Gasteiger partial charge in [-0.25, -0.2) is 22.6 Å². The fourth-order valence-corrected chi connectivity index (χ4v) is 3.79. The zero-order valence-electron chi connectivity index (χ0n) is 12.4. The third-order valence-electron chi connectivity index (χ3n) is 3.06. The van der Waals surface area contributed by atoms with Crippen molar-refractivity contribution in [3.63, 3.8) is 0 Å². The number of rotatable bonds is 5. The van der Waals surface area contributed by atoms with Gasteiger partial charge in [0.25, 0.3) is 0 Å². The average Bonchev–Trinajstić information content (AvgIpc) is 2.92. The van der Waals surface area contributed by atoms with Crippen LogP contribution >= 0.6 is 0 Å². The van der Waals surface area contributed by atoms with E-state index in [0.717, 1.165) is 0 Å². The zero-order valence-corrected chi connectivity index (χ0v) is 13.2. The maximum absolute atomic E-state index is 12.5. The number of furan rings is 1. The molecule has 2 heterocycles. The number of aromatic nitrogens is 4. The molecule has 2 N–H and O–H groups in total. The standard InChI is InChI=1S/C11H15N5O5S/c1-5(10-12-14-15-16(10)4)13-22(19,20)9-7(3)21-6(2)8(9)11(17)18/h5,13H,1-4H3,(H,17,18). The van der Waals surface area contributed by atoms with Crippen molar-refractivity contribution in [2.45, 2.75) is 31.7 Å². The number of sulfonamides is 1. The highest BCUT2D eigenvalue weighted by atomic mass is 32.2. The van der Waals surface area contributed by atoms with Crippen LogP contribution in [0, 0.1) is 13.8 Å². The number of nitrogens with zero attached hydrogens (tertiary/aromatic N) is 4. The molecule has 1 unspecified atom stereocenters. The predicted molar refractivity (Wildman–Crippen MR) is 72.7 cm³/mol. The van der Waals surface area contributed by atoms with E-state index in [2.05, 4.69) is 20.2 Å². The lowest BCUT2D eigenvalue weighted by atomic mass is 10.2. The lowest BCUT2D eigenvalue weighted by Gasteiger charge is -2.12. The molecule has 11 heteroatoms. The van der Waals surface area contributed by atoms with Crippen molar-refractivity contribution >= 4 is 16.0 Å². The highest BCUT2D eigenvalue weighted by Crippen LogP contribution is 2.27. The van der Waals surface area contributed by atoms with Gasteiger partial charge in [0, 0.05) is 7.05 Å². The van der Waals surface area contributed by atoms with Crippen LogP contribution in [-0.2, 0) is 17.1 Å². The minimum atomic E-state index is -4.12. The molecule has 120 valence electrons. The monoisotopic (exact) mass is 329 g/mol.